The van der Waals surface area contributed by atoms with Gasteiger partial charge in [0.05, 0.1) is 0 Å². The van der Waals surface area contributed by atoms with Gasteiger partial charge in [-0.1, -0.05) is 5.16 Å². The molecule has 0 bridgehead atoms. The van der Waals surface area contributed by atoms with Crippen LogP contribution in [0.3, 0.4) is 0 Å². The maximum Gasteiger partial charge on any atom is 0.319 e. The van der Waals surface area contributed by atoms with E-state index in [1.807, 2.05) is 6.92 Å². The number of nitrogens with zero attached hydrogens (tertiary/aromatic N) is 2. The molecule has 1 aromatic heterocycles. The molecular weight excluding hydrogens is 308 g/mol. The number of amides is 2. The Bertz CT molecular complexity index is 535. The summed E-state index contributed by atoms with van der Waals surface area (Å²) in [6, 6.07) is 0.463. The van der Waals surface area contributed by atoms with Gasteiger partial charge in [0.2, 0.25) is 0 Å². The summed E-state index contributed by atoms with van der Waals surface area (Å²) in [5.41, 5.74) is 1.37. The summed E-state index contributed by atoms with van der Waals surface area (Å²) in [5, 5.41) is 9.68. The molecular formula is C17H28N4O3. The number of hydrogen-bond donors (Lipinski definition) is 2. The van der Waals surface area contributed by atoms with E-state index in [-0.39, 0.29) is 6.03 Å². The number of ether oxygens (including phenoxy) is 1. The zero-order chi connectivity index (χ0) is 16.9. The number of urea groups is 1. The van der Waals surface area contributed by atoms with Gasteiger partial charge in [-0.15, -0.1) is 0 Å². The van der Waals surface area contributed by atoms with Gasteiger partial charge >= 0.3 is 6.03 Å². The quantitative estimate of drug-likeness (QED) is 0.882. The van der Waals surface area contributed by atoms with Crippen molar-refractivity contribution in [3.8, 4) is 0 Å². The molecule has 3 rings (SSSR count). The molecule has 2 N–H and O–H groups in total. The molecule has 0 saturated carbocycles. The number of piperidine rings is 1. The largest absolute Gasteiger partial charge is 0.381 e. The van der Waals surface area contributed by atoms with Crippen LogP contribution in [0.1, 0.15) is 37.1 Å². The number of rotatable bonds is 4. The van der Waals surface area contributed by atoms with Crippen molar-refractivity contribution in [2.24, 2.45) is 5.92 Å². The standard InChI is InChI=1S/C17H28N4O3/c1-12-16(13(2)24-20-12)19-17(22)18-10-14-4-3-7-21(11-14)15-5-8-23-9-6-15/h14-15H,3-11H2,1-2H3,(H2,18,19,22). The average molecular weight is 336 g/mol. The van der Waals surface area contributed by atoms with Crippen LogP contribution in [0.4, 0.5) is 10.5 Å². The highest BCUT2D eigenvalue weighted by Gasteiger charge is 2.27. The van der Waals surface area contributed by atoms with E-state index in [0.717, 1.165) is 32.6 Å². The van der Waals surface area contributed by atoms with Crippen LogP contribution >= 0.6 is 0 Å². The van der Waals surface area contributed by atoms with Gasteiger partial charge in [-0.05, 0) is 52.0 Å². The highest BCUT2D eigenvalue weighted by Crippen LogP contribution is 2.23. The molecule has 24 heavy (non-hydrogen) atoms. The number of aryl methyl sites for hydroxylation is 2. The average Bonchev–Trinajstić information content (AvgIpc) is 2.93. The van der Waals surface area contributed by atoms with Gasteiger partial charge in [-0.2, -0.15) is 0 Å². The van der Waals surface area contributed by atoms with Crippen molar-refractivity contribution in [1.29, 1.82) is 0 Å². The fourth-order valence-electron chi connectivity index (χ4n) is 3.70. The van der Waals surface area contributed by atoms with Crippen LogP contribution in [0.5, 0.6) is 0 Å². The summed E-state index contributed by atoms with van der Waals surface area (Å²) in [4.78, 5) is 14.7. The monoisotopic (exact) mass is 336 g/mol. The third-order valence-electron chi connectivity index (χ3n) is 5.08. The molecule has 0 aliphatic carbocycles. The van der Waals surface area contributed by atoms with E-state index >= 15 is 0 Å². The van der Waals surface area contributed by atoms with Crippen LogP contribution in [0.25, 0.3) is 0 Å². The van der Waals surface area contributed by atoms with Crippen LogP contribution in [-0.4, -0.2) is 55.0 Å². The summed E-state index contributed by atoms with van der Waals surface area (Å²) in [7, 11) is 0. The number of hydrogen-bond acceptors (Lipinski definition) is 5. The normalized spacial score (nSPS) is 23.2. The first-order valence-corrected chi connectivity index (χ1v) is 8.93. The Morgan fingerprint density at radius 2 is 2.08 bits per heavy atom. The van der Waals surface area contributed by atoms with Crippen LogP contribution in [-0.2, 0) is 4.74 Å². The minimum atomic E-state index is -0.187. The Kier molecular flexibility index (Phi) is 5.73. The van der Waals surface area contributed by atoms with Gasteiger partial charge in [0.1, 0.15) is 11.4 Å². The van der Waals surface area contributed by atoms with Crippen LogP contribution in [0, 0.1) is 19.8 Å². The minimum Gasteiger partial charge on any atom is -0.381 e. The first-order chi connectivity index (χ1) is 11.6. The summed E-state index contributed by atoms with van der Waals surface area (Å²) >= 11 is 0. The molecule has 1 atom stereocenters. The van der Waals surface area contributed by atoms with Crippen molar-refractivity contribution in [2.45, 2.75) is 45.6 Å². The van der Waals surface area contributed by atoms with Crippen molar-refractivity contribution in [3.63, 3.8) is 0 Å². The van der Waals surface area contributed by atoms with Gasteiger partial charge in [-0.25, -0.2) is 4.79 Å². The molecule has 3 heterocycles. The molecule has 2 saturated heterocycles. The molecule has 134 valence electrons. The molecule has 0 radical (unpaired) electrons. The highest BCUT2D eigenvalue weighted by molar-refractivity contribution is 5.90. The van der Waals surface area contributed by atoms with Gasteiger partial charge in [0, 0.05) is 32.3 Å². The first-order valence-electron chi connectivity index (χ1n) is 8.93. The van der Waals surface area contributed by atoms with Crippen LogP contribution in [0.15, 0.2) is 4.52 Å². The van der Waals surface area contributed by atoms with Gasteiger partial charge in [0.15, 0.2) is 5.76 Å². The lowest BCUT2D eigenvalue weighted by molar-refractivity contribution is 0.0181. The van der Waals surface area contributed by atoms with Crippen molar-refractivity contribution in [2.75, 3.05) is 38.2 Å². The van der Waals surface area contributed by atoms with Crippen molar-refractivity contribution < 1.29 is 14.1 Å². The van der Waals surface area contributed by atoms with E-state index in [9.17, 15) is 4.79 Å². The maximum atomic E-state index is 12.1. The Balaban J connectivity index is 1.44. The fourth-order valence-corrected chi connectivity index (χ4v) is 3.70. The summed E-state index contributed by atoms with van der Waals surface area (Å²) in [5.74, 6) is 1.14. The second-order valence-corrected chi connectivity index (χ2v) is 6.88. The molecule has 7 nitrogen and oxygen atoms in total. The predicted octanol–water partition coefficient (Wildman–Crippen LogP) is 2.30. The molecule has 2 amide bonds. The van der Waals surface area contributed by atoms with Crippen LogP contribution < -0.4 is 10.6 Å². The van der Waals surface area contributed by atoms with E-state index < -0.39 is 0 Å². The van der Waals surface area contributed by atoms with Crippen molar-refractivity contribution in [3.05, 3.63) is 11.5 Å². The van der Waals surface area contributed by atoms with E-state index in [4.69, 9.17) is 9.26 Å². The Hall–Kier alpha value is -1.60. The summed E-state index contributed by atoms with van der Waals surface area (Å²) < 4.78 is 10.5. The lowest BCUT2D eigenvalue weighted by Gasteiger charge is -2.40. The van der Waals surface area contributed by atoms with E-state index in [1.54, 1.807) is 6.92 Å². The second-order valence-electron chi connectivity index (χ2n) is 6.88. The second kappa shape index (κ2) is 7.98. The highest BCUT2D eigenvalue weighted by atomic mass is 16.5. The summed E-state index contributed by atoms with van der Waals surface area (Å²) in [6.45, 7) is 8.31. The molecule has 0 aromatic carbocycles. The van der Waals surface area contributed by atoms with E-state index in [0.29, 0.717) is 35.6 Å². The number of carbonyl (C=O) groups is 1. The van der Waals surface area contributed by atoms with Gasteiger partial charge in [0.25, 0.3) is 0 Å². The lowest BCUT2D eigenvalue weighted by atomic mass is 9.95. The third kappa shape index (κ3) is 4.27. The molecule has 2 fully saturated rings. The Morgan fingerprint density at radius 1 is 1.29 bits per heavy atom. The third-order valence-corrected chi connectivity index (χ3v) is 5.08. The SMILES string of the molecule is Cc1noc(C)c1NC(=O)NCC1CCCN(C2CCOCC2)C1. The zero-order valence-corrected chi connectivity index (χ0v) is 14.6. The van der Waals surface area contributed by atoms with Crippen molar-refractivity contribution in [1.82, 2.24) is 15.4 Å². The predicted molar refractivity (Wildman–Crippen MR) is 91.1 cm³/mol. The molecule has 7 heteroatoms. The maximum absolute atomic E-state index is 12.1. The van der Waals surface area contributed by atoms with E-state index in [1.165, 1.54) is 19.4 Å². The number of anilines is 1. The van der Waals surface area contributed by atoms with Gasteiger partial charge < -0.3 is 19.9 Å². The Morgan fingerprint density at radius 3 is 2.79 bits per heavy atom. The fraction of sp³-hybridized carbons (Fsp3) is 0.765. The first kappa shape index (κ1) is 17.2. The smallest absolute Gasteiger partial charge is 0.319 e. The topological polar surface area (TPSA) is 79.6 Å². The zero-order valence-electron chi connectivity index (χ0n) is 14.6. The van der Waals surface area contributed by atoms with Crippen LogP contribution in [0.2, 0.25) is 0 Å². The molecule has 1 aromatic rings. The van der Waals surface area contributed by atoms with Crippen molar-refractivity contribution >= 4 is 11.7 Å². The summed E-state index contributed by atoms with van der Waals surface area (Å²) in [6.07, 6.45) is 4.64. The molecule has 2 aliphatic heterocycles. The van der Waals surface area contributed by atoms with Gasteiger partial charge in [-0.3, -0.25) is 4.90 Å². The molecule has 2 aliphatic rings. The van der Waals surface area contributed by atoms with E-state index in [2.05, 4.69) is 20.7 Å². The number of carbonyl (C=O) groups excluding carboxylic acids is 1. The number of likely N-dealkylation sites (tertiary alicyclic amines) is 1. The molecule has 0 spiro atoms. The number of aromatic nitrogens is 1. The molecule has 1 unspecified atom stereocenters. The number of nitrogens with one attached hydrogen (secondary N) is 2. The lowest BCUT2D eigenvalue weighted by Crippen LogP contribution is -2.47. The Labute approximate surface area is 143 Å². The minimum absolute atomic E-state index is 0.187.